The van der Waals surface area contributed by atoms with Gasteiger partial charge in [0.1, 0.15) is 17.8 Å². The average molecular weight is 261 g/mol. The molecule has 19 heavy (non-hydrogen) atoms. The first-order valence-corrected chi connectivity index (χ1v) is 5.78. The number of carboxylic acid groups (broad SMARTS) is 1. The Bertz CT molecular complexity index is 547. The molecule has 0 unspecified atom stereocenters. The fourth-order valence-electron chi connectivity index (χ4n) is 1.53. The maximum absolute atomic E-state index is 11.9. The van der Waals surface area contributed by atoms with Crippen molar-refractivity contribution in [2.24, 2.45) is 5.92 Å². The number of carbonyl (C=O) groups excluding carboxylic acids is 1. The van der Waals surface area contributed by atoms with Crippen LogP contribution in [0.2, 0.25) is 0 Å². The summed E-state index contributed by atoms with van der Waals surface area (Å²) in [7, 11) is 0. The molecule has 0 aromatic carbocycles. The number of aromatic nitrogens is 1. The van der Waals surface area contributed by atoms with Crippen LogP contribution in [-0.2, 0) is 4.79 Å². The molecule has 0 radical (unpaired) electrons. The number of pyridine rings is 1. The Morgan fingerprint density at radius 3 is 2.47 bits per heavy atom. The van der Waals surface area contributed by atoms with E-state index in [2.05, 4.69) is 10.3 Å². The predicted octanol–water partition coefficient (Wildman–Crippen LogP) is 1.10. The minimum Gasteiger partial charge on any atom is -0.480 e. The Kier molecular flexibility index (Phi) is 4.59. The van der Waals surface area contributed by atoms with Gasteiger partial charge in [0.05, 0.1) is 11.3 Å². The van der Waals surface area contributed by atoms with Gasteiger partial charge in [-0.1, -0.05) is 13.8 Å². The summed E-state index contributed by atoms with van der Waals surface area (Å²) >= 11 is 0. The van der Waals surface area contributed by atoms with E-state index in [9.17, 15) is 9.59 Å². The van der Waals surface area contributed by atoms with Crippen LogP contribution in [0, 0.1) is 24.2 Å². The maximum atomic E-state index is 11.9. The molecule has 6 heteroatoms. The number of nitrogens with one attached hydrogen (secondary N) is 1. The largest absolute Gasteiger partial charge is 0.480 e. The monoisotopic (exact) mass is 261 g/mol. The summed E-state index contributed by atoms with van der Waals surface area (Å²) < 4.78 is 0. The molecule has 0 saturated carbocycles. The summed E-state index contributed by atoms with van der Waals surface area (Å²) in [6.45, 7) is 5.03. The van der Waals surface area contributed by atoms with Gasteiger partial charge < -0.3 is 10.4 Å². The molecule has 0 aliphatic heterocycles. The molecule has 1 atom stereocenters. The molecule has 0 spiro atoms. The number of hydrogen-bond acceptors (Lipinski definition) is 4. The van der Waals surface area contributed by atoms with Crippen molar-refractivity contribution >= 4 is 11.9 Å². The van der Waals surface area contributed by atoms with Gasteiger partial charge in [-0.15, -0.1) is 0 Å². The molecule has 0 fully saturated rings. The molecule has 0 bridgehead atoms. The van der Waals surface area contributed by atoms with Crippen LogP contribution in [0.25, 0.3) is 0 Å². The highest BCUT2D eigenvalue weighted by Crippen LogP contribution is 2.07. The summed E-state index contributed by atoms with van der Waals surface area (Å²) in [5, 5.41) is 20.2. The van der Waals surface area contributed by atoms with Gasteiger partial charge in [-0.2, -0.15) is 5.26 Å². The number of nitrogens with zero attached hydrogens (tertiary/aromatic N) is 2. The number of rotatable bonds is 4. The van der Waals surface area contributed by atoms with Crippen molar-refractivity contribution in [1.29, 1.82) is 5.26 Å². The molecular formula is C13H15N3O3. The van der Waals surface area contributed by atoms with Crippen LogP contribution in [0.5, 0.6) is 0 Å². The Morgan fingerprint density at radius 2 is 2.05 bits per heavy atom. The molecule has 0 aliphatic rings. The molecule has 1 heterocycles. The van der Waals surface area contributed by atoms with Gasteiger partial charge in [0.25, 0.3) is 5.91 Å². The lowest BCUT2D eigenvalue weighted by Gasteiger charge is -2.17. The second kappa shape index (κ2) is 5.96. The van der Waals surface area contributed by atoms with E-state index in [4.69, 9.17) is 10.4 Å². The quantitative estimate of drug-likeness (QED) is 0.844. The zero-order chi connectivity index (χ0) is 14.6. The number of hydrogen-bond donors (Lipinski definition) is 2. The van der Waals surface area contributed by atoms with E-state index in [1.54, 1.807) is 20.8 Å². The molecule has 100 valence electrons. The third-order valence-electron chi connectivity index (χ3n) is 2.66. The molecule has 1 rings (SSSR count). The Balaban J connectivity index is 2.93. The molecular weight excluding hydrogens is 246 g/mol. The van der Waals surface area contributed by atoms with Crippen molar-refractivity contribution in [2.45, 2.75) is 26.8 Å². The third-order valence-corrected chi connectivity index (χ3v) is 2.66. The van der Waals surface area contributed by atoms with Crippen molar-refractivity contribution in [3.63, 3.8) is 0 Å². The van der Waals surface area contributed by atoms with Crippen LogP contribution in [0.4, 0.5) is 0 Å². The number of amides is 1. The molecule has 0 saturated heterocycles. The van der Waals surface area contributed by atoms with E-state index < -0.39 is 17.9 Å². The lowest BCUT2D eigenvalue weighted by atomic mass is 10.0. The predicted molar refractivity (Wildman–Crippen MR) is 67.4 cm³/mol. The van der Waals surface area contributed by atoms with Crippen molar-refractivity contribution in [3.8, 4) is 6.07 Å². The highest BCUT2D eigenvalue weighted by molar-refractivity contribution is 5.95. The number of aliphatic carboxylic acids is 1. The van der Waals surface area contributed by atoms with Gasteiger partial charge in [0.2, 0.25) is 0 Å². The number of carbonyl (C=O) groups is 2. The van der Waals surface area contributed by atoms with E-state index in [-0.39, 0.29) is 11.6 Å². The zero-order valence-electron chi connectivity index (χ0n) is 11.0. The SMILES string of the molecule is Cc1nc(C(=O)N[C@@H](C(=O)O)C(C)C)ccc1C#N. The third kappa shape index (κ3) is 3.52. The lowest BCUT2D eigenvalue weighted by molar-refractivity contribution is -0.140. The fraction of sp³-hybridized carbons (Fsp3) is 0.385. The minimum atomic E-state index is -1.09. The van der Waals surface area contributed by atoms with Crippen LogP contribution >= 0.6 is 0 Å². The highest BCUT2D eigenvalue weighted by Gasteiger charge is 2.24. The van der Waals surface area contributed by atoms with Crippen LogP contribution in [-0.4, -0.2) is 28.0 Å². The highest BCUT2D eigenvalue weighted by atomic mass is 16.4. The van der Waals surface area contributed by atoms with E-state index in [1.165, 1.54) is 12.1 Å². The van der Waals surface area contributed by atoms with Gasteiger partial charge in [0.15, 0.2) is 0 Å². The van der Waals surface area contributed by atoms with E-state index >= 15 is 0 Å². The maximum Gasteiger partial charge on any atom is 0.326 e. The van der Waals surface area contributed by atoms with Crippen molar-refractivity contribution in [2.75, 3.05) is 0 Å². The Morgan fingerprint density at radius 1 is 1.42 bits per heavy atom. The first-order chi connectivity index (χ1) is 8.86. The second-order valence-corrected chi connectivity index (χ2v) is 4.47. The Labute approximate surface area is 111 Å². The topological polar surface area (TPSA) is 103 Å². The van der Waals surface area contributed by atoms with Crippen molar-refractivity contribution in [1.82, 2.24) is 10.3 Å². The fourth-order valence-corrected chi connectivity index (χ4v) is 1.53. The van der Waals surface area contributed by atoms with Gasteiger partial charge in [0, 0.05) is 0 Å². The van der Waals surface area contributed by atoms with Crippen LogP contribution in [0.3, 0.4) is 0 Å². The number of nitriles is 1. The Hall–Kier alpha value is -2.42. The van der Waals surface area contributed by atoms with Gasteiger partial charge in [-0.25, -0.2) is 9.78 Å². The molecule has 1 aromatic rings. The summed E-state index contributed by atoms with van der Waals surface area (Å²) in [5.74, 6) is -1.89. The molecule has 2 N–H and O–H groups in total. The van der Waals surface area contributed by atoms with Gasteiger partial charge >= 0.3 is 5.97 Å². The summed E-state index contributed by atoms with van der Waals surface area (Å²) in [4.78, 5) is 26.9. The molecule has 6 nitrogen and oxygen atoms in total. The van der Waals surface area contributed by atoms with E-state index in [0.717, 1.165) is 0 Å². The first-order valence-electron chi connectivity index (χ1n) is 5.78. The van der Waals surface area contributed by atoms with E-state index in [0.29, 0.717) is 11.3 Å². The molecule has 1 amide bonds. The van der Waals surface area contributed by atoms with Crippen molar-refractivity contribution < 1.29 is 14.7 Å². The van der Waals surface area contributed by atoms with Crippen LogP contribution in [0.15, 0.2) is 12.1 Å². The summed E-state index contributed by atoms with van der Waals surface area (Å²) in [6.07, 6.45) is 0. The summed E-state index contributed by atoms with van der Waals surface area (Å²) in [6, 6.07) is 3.87. The number of aryl methyl sites for hydroxylation is 1. The molecule has 1 aromatic heterocycles. The standard InChI is InChI=1S/C13H15N3O3/c1-7(2)11(13(18)19)16-12(17)10-5-4-9(6-14)8(3)15-10/h4-5,7,11H,1-3H3,(H,16,17)(H,18,19)/t11-/m1/s1. The first kappa shape index (κ1) is 14.6. The van der Waals surface area contributed by atoms with Gasteiger partial charge in [-0.3, -0.25) is 4.79 Å². The van der Waals surface area contributed by atoms with Crippen LogP contribution in [0.1, 0.15) is 35.6 Å². The van der Waals surface area contributed by atoms with Crippen LogP contribution < -0.4 is 5.32 Å². The van der Waals surface area contributed by atoms with Crippen molar-refractivity contribution in [3.05, 3.63) is 29.1 Å². The second-order valence-electron chi connectivity index (χ2n) is 4.47. The van der Waals surface area contributed by atoms with Gasteiger partial charge in [-0.05, 0) is 25.0 Å². The van der Waals surface area contributed by atoms with E-state index in [1.807, 2.05) is 6.07 Å². The normalized spacial score (nSPS) is 11.7. The summed E-state index contributed by atoms with van der Waals surface area (Å²) in [5.41, 5.74) is 0.921. The zero-order valence-corrected chi connectivity index (χ0v) is 11.0. The number of carboxylic acids is 1. The molecule has 0 aliphatic carbocycles. The lowest BCUT2D eigenvalue weighted by Crippen LogP contribution is -2.44. The smallest absolute Gasteiger partial charge is 0.326 e. The minimum absolute atomic E-state index is 0.100. The average Bonchev–Trinajstić information content (AvgIpc) is 2.34.